The van der Waals surface area contributed by atoms with Crippen molar-refractivity contribution < 1.29 is 0 Å². The Balaban J connectivity index is 2.30. The van der Waals surface area contributed by atoms with Gasteiger partial charge in [0.1, 0.15) is 0 Å². The summed E-state index contributed by atoms with van der Waals surface area (Å²) < 4.78 is 2.18. The van der Waals surface area contributed by atoms with Gasteiger partial charge < -0.3 is 10.2 Å². The van der Waals surface area contributed by atoms with E-state index in [-0.39, 0.29) is 0 Å². The maximum atomic E-state index is 4.71. The van der Waals surface area contributed by atoms with Crippen molar-refractivity contribution in [3.8, 4) is 0 Å². The van der Waals surface area contributed by atoms with E-state index in [1.54, 1.807) is 11.3 Å². The van der Waals surface area contributed by atoms with Gasteiger partial charge >= 0.3 is 0 Å². The summed E-state index contributed by atoms with van der Waals surface area (Å²) in [5.74, 6) is 1.11. The number of anilines is 1. The van der Waals surface area contributed by atoms with Crippen LogP contribution in [0.15, 0.2) is 11.6 Å². The number of thiazole rings is 1. The van der Waals surface area contributed by atoms with Gasteiger partial charge in [0, 0.05) is 31.7 Å². The van der Waals surface area contributed by atoms with Gasteiger partial charge in [-0.15, -0.1) is 11.3 Å². The van der Waals surface area contributed by atoms with Crippen molar-refractivity contribution in [2.24, 2.45) is 0 Å². The number of imidazole rings is 1. The molecule has 0 saturated carbocycles. The van der Waals surface area contributed by atoms with E-state index in [9.17, 15) is 0 Å². The van der Waals surface area contributed by atoms with E-state index in [0.29, 0.717) is 0 Å². The fourth-order valence-electron chi connectivity index (χ4n) is 1.96. The van der Waals surface area contributed by atoms with Crippen molar-refractivity contribution >= 4 is 22.1 Å². The summed E-state index contributed by atoms with van der Waals surface area (Å²) in [4.78, 5) is 8.05. The minimum atomic E-state index is 0.851. The molecular weight excluding hydrogens is 232 g/mol. The lowest BCUT2D eigenvalue weighted by Crippen LogP contribution is -2.21. The molecule has 2 rings (SSSR count). The zero-order valence-corrected chi connectivity index (χ0v) is 11.5. The van der Waals surface area contributed by atoms with E-state index >= 15 is 0 Å². The van der Waals surface area contributed by atoms with Crippen LogP contribution < -0.4 is 10.2 Å². The molecule has 0 aliphatic rings. The molecular formula is C12H20N4S. The number of hydrogen-bond acceptors (Lipinski definition) is 4. The van der Waals surface area contributed by atoms with E-state index in [0.717, 1.165) is 23.9 Å². The van der Waals surface area contributed by atoms with Crippen molar-refractivity contribution in [2.45, 2.75) is 26.3 Å². The average Bonchev–Trinajstić information content (AvgIpc) is 2.89. The Morgan fingerprint density at radius 3 is 3.06 bits per heavy atom. The largest absolute Gasteiger partial charge is 0.358 e. The van der Waals surface area contributed by atoms with Crippen molar-refractivity contribution in [3.05, 3.63) is 17.3 Å². The first-order valence-electron chi connectivity index (χ1n) is 6.08. The molecule has 2 heterocycles. The van der Waals surface area contributed by atoms with Crippen molar-refractivity contribution in [1.29, 1.82) is 0 Å². The molecule has 0 aromatic carbocycles. The molecule has 0 amide bonds. The zero-order chi connectivity index (χ0) is 12.3. The molecule has 0 aliphatic heterocycles. The highest BCUT2D eigenvalue weighted by Crippen LogP contribution is 2.24. The molecule has 0 bridgehead atoms. The Labute approximate surface area is 106 Å². The SMILES string of the molecule is CCCCN(C)c1nc2sccn2c1CNC. The molecule has 2 aromatic heterocycles. The van der Waals surface area contributed by atoms with E-state index < -0.39 is 0 Å². The topological polar surface area (TPSA) is 32.6 Å². The molecule has 4 nitrogen and oxygen atoms in total. The number of unbranched alkanes of at least 4 members (excludes halogenated alkanes) is 1. The normalized spacial score (nSPS) is 11.2. The number of aromatic nitrogens is 2. The standard InChI is InChI=1S/C12H20N4S/c1-4-5-6-15(3)11-10(9-13-2)16-7-8-17-12(16)14-11/h7-8,13H,4-6,9H2,1-3H3. The van der Waals surface area contributed by atoms with Gasteiger partial charge in [0.2, 0.25) is 0 Å². The smallest absolute Gasteiger partial charge is 0.195 e. The number of hydrogen-bond donors (Lipinski definition) is 1. The van der Waals surface area contributed by atoms with Gasteiger partial charge in [-0.1, -0.05) is 13.3 Å². The predicted octanol–water partition coefficient (Wildman–Crippen LogP) is 2.35. The Bertz CT molecular complexity index is 474. The maximum absolute atomic E-state index is 4.71. The number of nitrogens with zero attached hydrogens (tertiary/aromatic N) is 3. The lowest BCUT2D eigenvalue weighted by Gasteiger charge is -2.17. The van der Waals surface area contributed by atoms with Gasteiger partial charge in [0.15, 0.2) is 10.8 Å². The lowest BCUT2D eigenvalue weighted by molar-refractivity contribution is 0.741. The van der Waals surface area contributed by atoms with Gasteiger partial charge in [0.05, 0.1) is 5.69 Å². The molecule has 0 atom stereocenters. The molecule has 17 heavy (non-hydrogen) atoms. The molecule has 2 aromatic rings. The Morgan fingerprint density at radius 2 is 2.35 bits per heavy atom. The van der Waals surface area contributed by atoms with Gasteiger partial charge in [-0.25, -0.2) is 4.98 Å². The minimum absolute atomic E-state index is 0.851. The Hall–Kier alpha value is -1.07. The third-order valence-electron chi connectivity index (χ3n) is 2.89. The molecule has 94 valence electrons. The average molecular weight is 252 g/mol. The fourth-order valence-corrected chi connectivity index (χ4v) is 2.69. The van der Waals surface area contributed by atoms with Crippen LogP contribution in [-0.4, -0.2) is 30.0 Å². The molecule has 0 spiro atoms. The van der Waals surface area contributed by atoms with E-state index in [1.807, 2.05) is 7.05 Å². The molecule has 1 N–H and O–H groups in total. The van der Waals surface area contributed by atoms with Crippen molar-refractivity contribution in [2.75, 3.05) is 25.5 Å². The Morgan fingerprint density at radius 1 is 1.53 bits per heavy atom. The van der Waals surface area contributed by atoms with Crippen LogP contribution in [0.4, 0.5) is 5.82 Å². The molecule has 0 aliphatic carbocycles. The first-order chi connectivity index (χ1) is 8.27. The highest BCUT2D eigenvalue weighted by molar-refractivity contribution is 7.15. The zero-order valence-electron chi connectivity index (χ0n) is 10.7. The van der Waals surface area contributed by atoms with E-state index in [4.69, 9.17) is 4.98 Å². The van der Waals surface area contributed by atoms with Crippen LogP contribution in [0.3, 0.4) is 0 Å². The molecule has 0 unspecified atom stereocenters. The second-order valence-corrected chi connectivity index (χ2v) is 5.12. The molecule has 0 saturated heterocycles. The quantitative estimate of drug-likeness (QED) is 0.856. The second kappa shape index (κ2) is 5.51. The second-order valence-electron chi connectivity index (χ2n) is 4.24. The predicted molar refractivity (Wildman–Crippen MR) is 74.0 cm³/mol. The summed E-state index contributed by atoms with van der Waals surface area (Å²) in [5, 5.41) is 5.30. The molecule has 5 heteroatoms. The number of fused-ring (bicyclic) bond motifs is 1. The van der Waals surface area contributed by atoms with Crippen LogP contribution in [0.2, 0.25) is 0 Å². The summed E-state index contributed by atoms with van der Waals surface area (Å²) in [7, 11) is 4.10. The summed E-state index contributed by atoms with van der Waals surface area (Å²) >= 11 is 1.69. The summed E-state index contributed by atoms with van der Waals surface area (Å²) in [6, 6.07) is 0. The third-order valence-corrected chi connectivity index (χ3v) is 3.65. The van der Waals surface area contributed by atoms with Crippen LogP contribution in [0.5, 0.6) is 0 Å². The monoisotopic (exact) mass is 252 g/mol. The number of nitrogens with one attached hydrogen (secondary N) is 1. The molecule has 0 fully saturated rings. The van der Waals surface area contributed by atoms with E-state index in [2.05, 4.69) is 40.2 Å². The van der Waals surface area contributed by atoms with Crippen molar-refractivity contribution in [3.63, 3.8) is 0 Å². The molecule has 0 radical (unpaired) electrons. The minimum Gasteiger partial charge on any atom is -0.358 e. The van der Waals surface area contributed by atoms with Gasteiger partial charge in [0.25, 0.3) is 0 Å². The van der Waals surface area contributed by atoms with Crippen LogP contribution in [-0.2, 0) is 6.54 Å². The highest BCUT2D eigenvalue weighted by atomic mass is 32.1. The first kappa shape index (κ1) is 12.4. The van der Waals surface area contributed by atoms with Gasteiger partial charge in [-0.05, 0) is 13.5 Å². The van der Waals surface area contributed by atoms with Crippen LogP contribution >= 0.6 is 11.3 Å². The van der Waals surface area contributed by atoms with Gasteiger partial charge in [-0.2, -0.15) is 0 Å². The summed E-state index contributed by atoms with van der Waals surface area (Å²) in [6.07, 6.45) is 4.52. The van der Waals surface area contributed by atoms with Crippen molar-refractivity contribution in [1.82, 2.24) is 14.7 Å². The maximum Gasteiger partial charge on any atom is 0.195 e. The number of rotatable bonds is 6. The summed E-state index contributed by atoms with van der Waals surface area (Å²) in [5.41, 5.74) is 1.25. The highest BCUT2D eigenvalue weighted by Gasteiger charge is 2.15. The first-order valence-corrected chi connectivity index (χ1v) is 6.96. The Kier molecular flexibility index (Phi) is 4.02. The lowest BCUT2D eigenvalue weighted by atomic mass is 10.3. The van der Waals surface area contributed by atoms with Crippen LogP contribution in [0.1, 0.15) is 25.5 Å². The van der Waals surface area contributed by atoms with Crippen LogP contribution in [0.25, 0.3) is 4.96 Å². The van der Waals surface area contributed by atoms with Crippen LogP contribution in [0, 0.1) is 0 Å². The summed E-state index contributed by atoms with van der Waals surface area (Å²) in [6.45, 7) is 4.13. The third kappa shape index (κ3) is 2.45. The fraction of sp³-hybridized carbons (Fsp3) is 0.583. The van der Waals surface area contributed by atoms with E-state index in [1.165, 1.54) is 18.5 Å². The van der Waals surface area contributed by atoms with Gasteiger partial charge in [-0.3, -0.25) is 4.40 Å².